The number of pyridine rings is 2. The zero-order valence-electron chi connectivity index (χ0n) is 11.4. The summed E-state index contributed by atoms with van der Waals surface area (Å²) >= 11 is 12.2. The zero-order valence-corrected chi connectivity index (χ0v) is 12.9. The summed E-state index contributed by atoms with van der Waals surface area (Å²) in [6.07, 6.45) is 3.06. The molecular formula is C14H12Cl2N4O. The summed E-state index contributed by atoms with van der Waals surface area (Å²) in [7, 11) is 0. The van der Waals surface area contributed by atoms with Crippen molar-refractivity contribution in [2.45, 2.75) is 19.9 Å². The fourth-order valence-electron chi connectivity index (χ4n) is 2.33. The number of hydrogen-bond donors (Lipinski definition) is 1. The van der Waals surface area contributed by atoms with Gasteiger partial charge in [0.15, 0.2) is 5.65 Å². The fraction of sp³-hybridized carbons (Fsp3) is 0.214. The fourth-order valence-corrected chi connectivity index (χ4v) is 2.67. The van der Waals surface area contributed by atoms with E-state index in [-0.39, 0.29) is 11.7 Å². The summed E-state index contributed by atoms with van der Waals surface area (Å²) in [6, 6.07) is 3.47. The molecule has 3 aromatic heterocycles. The quantitative estimate of drug-likeness (QED) is 0.782. The summed E-state index contributed by atoms with van der Waals surface area (Å²) in [5, 5.41) is 0.973. The van der Waals surface area contributed by atoms with Gasteiger partial charge >= 0.3 is 5.69 Å². The average Bonchev–Trinajstić information content (AvgIpc) is 2.76. The highest BCUT2D eigenvalue weighted by Gasteiger charge is 2.19. The maximum absolute atomic E-state index is 12.1. The lowest BCUT2D eigenvalue weighted by molar-refractivity contribution is 0.598. The lowest BCUT2D eigenvalue weighted by Crippen LogP contribution is -2.18. The van der Waals surface area contributed by atoms with Crippen molar-refractivity contribution in [2.24, 2.45) is 0 Å². The second kappa shape index (κ2) is 5.16. The molecule has 0 aliphatic heterocycles. The van der Waals surface area contributed by atoms with Crippen LogP contribution < -0.4 is 5.69 Å². The molecule has 0 aromatic carbocycles. The predicted molar refractivity (Wildman–Crippen MR) is 84.0 cm³/mol. The van der Waals surface area contributed by atoms with Crippen LogP contribution >= 0.6 is 23.2 Å². The number of halogens is 2. The van der Waals surface area contributed by atoms with Crippen LogP contribution in [0.4, 0.5) is 0 Å². The first-order chi connectivity index (χ1) is 9.99. The van der Waals surface area contributed by atoms with Crippen molar-refractivity contribution in [2.75, 3.05) is 0 Å². The zero-order chi connectivity index (χ0) is 15.1. The molecule has 3 rings (SSSR count). The molecule has 3 heterocycles. The lowest BCUT2D eigenvalue weighted by atomic mass is 10.1. The molecule has 0 spiro atoms. The molecule has 0 saturated heterocycles. The number of fused-ring (bicyclic) bond motifs is 1. The van der Waals surface area contributed by atoms with Crippen LogP contribution in [-0.2, 0) is 0 Å². The first-order valence-electron chi connectivity index (χ1n) is 6.39. The van der Waals surface area contributed by atoms with Crippen LogP contribution in [0.1, 0.15) is 19.9 Å². The second-order valence-corrected chi connectivity index (χ2v) is 5.78. The second-order valence-electron chi connectivity index (χ2n) is 4.93. The van der Waals surface area contributed by atoms with Gasteiger partial charge in [0.05, 0.1) is 21.3 Å². The minimum absolute atomic E-state index is 0.0300. The van der Waals surface area contributed by atoms with Crippen molar-refractivity contribution in [1.82, 2.24) is 19.5 Å². The molecule has 3 aromatic rings. The summed E-state index contributed by atoms with van der Waals surface area (Å²) in [4.78, 5) is 23.3. The number of nitrogens with zero attached hydrogens (tertiary/aromatic N) is 3. The molecule has 108 valence electrons. The van der Waals surface area contributed by atoms with Gasteiger partial charge in [-0.1, -0.05) is 23.2 Å². The van der Waals surface area contributed by atoms with E-state index in [2.05, 4.69) is 15.0 Å². The number of imidazole rings is 1. The van der Waals surface area contributed by atoms with Crippen LogP contribution in [0, 0.1) is 0 Å². The highest BCUT2D eigenvalue weighted by Crippen LogP contribution is 2.33. The van der Waals surface area contributed by atoms with Gasteiger partial charge in [-0.05, 0) is 26.0 Å². The molecule has 0 fully saturated rings. The Hall–Kier alpha value is -1.85. The molecule has 0 aliphatic carbocycles. The standard InChI is InChI=1S/C14H12Cl2N4O/c1-7(2)20-12-11(10-4-3-8(15)5-17-10)9(16)6-18-13(12)19-14(20)21/h3-7H,1-2H3,(H,18,19,21). The minimum atomic E-state index is -0.218. The molecule has 7 heteroatoms. The van der Waals surface area contributed by atoms with Crippen LogP contribution in [0.25, 0.3) is 22.4 Å². The van der Waals surface area contributed by atoms with Gasteiger partial charge in [0.1, 0.15) is 0 Å². The molecule has 0 aliphatic rings. The van der Waals surface area contributed by atoms with Crippen LogP contribution in [0.3, 0.4) is 0 Å². The molecule has 21 heavy (non-hydrogen) atoms. The molecule has 1 N–H and O–H groups in total. The maximum Gasteiger partial charge on any atom is 0.327 e. The number of H-pyrrole nitrogens is 1. The third kappa shape index (κ3) is 2.32. The molecule has 0 atom stereocenters. The normalized spacial score (nSPS) is 11.5. The van der Waals surface area contributed by atoms with Crippen LogP contribution in [0.5, 0.6) is 0 Å². The molecule has 0 bridgehead atoms. The van der Waals surface area contributed by atoms with E-state index in [0.717, 1.165) is 0 Å². The Balaban J connectivity index is 2.43. The van der Waals surface area contributed by atoms with E-state index in [1.54, 1.807) is 22.9 Å². The van der Waals surface area contributed by atoms with Crippen LogP contribution in [0.2, 0.25) is 10.0 Å². The Morgan fingerprint density at radius 1 is 1.19 bits per heavy atom. The SMILES string of the molecule is CC(C)n1c(=O)[nH]c2ncc(Cl)c(-c3ccc(Cl)cn3)c21. The summed E-state index contributed by atoms with van der Waals surface area (Å²) < 4.78 is 1.62. The van der Waals surface area contributed by atoms with Gasteiger partial charge in [0, 0.05) is 24.0 Å². The average molecular weight is 323 g/mol. The third-order valence-corrected chi connectivity index (χ3v) is 3.70. The van der Waals surface area contributed by atoms with Gasteiger partial charge in [0.2, 0.25) is 0 Å². The van der Waals surface area contributed by atoms with E-state index in [1.807, 2.05) is 13.8 Å². The van der Waals surface area contributed by atoms with E-state index >= 15 is 0 Å². The highest BCUT2D eigenvalue weighted by molar-refractivity contribution is 6.34. The van der Waals surface area contributed by atoms with Crippen molar-refractivity contribution in [1.29, 1.82) is 0 Å². The molecule has 0 amide bonds. The molecule has 0 unspecified atom stereocenters. The Labute approximate surface area is 130 Å². The Kier molecular flexibility index (Phi) is 3.47. The molecule has 5 nitrogen and oxygen atoms in total. The Bertz CT molecular complexity index is 865. The number of hydrogen-bond acceptors (Lipinski definition) is 3. The topological polar surface area (TPSA) is 63.6 Å². The van der Waals surface area contributed by atoms with Gasteiger partial charge < -0.3 is 0 Å². The third-order valence-electron chi connectivity index (χ3n) is 3.19. The van der Waals surface area contributed by atoms with Crippen molar-refractivity contribution >= 4 is 34.4 Å². The van der Waals surface area contributed by atoms with Gasteiger partial charge in [-0.25, -0.2) is 9.78 Å². The number of nitrogens with one attached hydrogen (secondary N) is 1. The van der Waals surface area contributed by atoms with Gasteiger partial charge in [-0.2, -0.15) is 0 Å². The monoisotopic (exact) mass is 322 g/mol. The summed E-state index contributed by atoms with van der Waals surface area (Å²) in [5.74, 6) is 0. The Morgan fingerprint density at radius 3 is 2.57 bits per heavy atom. The maximum atomic E-state index is 12.1. The number of aromatic amines is 1. The van der Waals surface area contributed by atoms with Gasteiger partial charge in [0.25, 0.3) is 0 Å². The Morgan fingerprint density at radius 2 is 1.95 bits per heavy atom. The van der Waals surface area contributed by atoms with Crippen molar-refractivity contribution in [3.63, 3.8) is 0 Å². The van der Waals surface area contributed by atoms with E-state index in [4.69, 9.17) is 23.2 Å². The van der Waals surface area contributed by atoms with E-state index in [1.165, 1.54) is 6.20 Å². The molecule has 0 radical (unpaired) electrons. The van der Waals surface area contributed by atoms with Crippen LogP contribution in [0.15, 0.2) is 29.3 Å². The van der Waals surface area contributed by atoms with Crippen molar-refractivity contribution in [3.8, 4) is 11.3 Å². The largest absolute Gasteiger partial charge is 0.327 e. The summed E-state index contributed by atoms with van der Waals surface area (Å²) in [5.41, 5.74) is 2.24. The predicted octanol–water partition coefficient (Wildman–Crippen LogP) is 3.67. The minimum Gasteiger partial charge on any atom is -0.290 e. The highest BCUT2D eigenvalue weighted by atomic mass is 35.5. The van der Waals surface area contributed by atoms with Gasteiger partial charge in [-0.3, -0.25) is 14.5 Å². The first kappa shape index (κ1) is 14.1. The lowest BCUT2D eigenvalue weighted by Gasteiger charge is -2.11. The number of aromatic nitrogens is 4. The molecule has 0 saturated carbocycles. The summed E-state index contributed by atoms with van der Waals surface area (Å²) in [6.45, 7) is 3.85. The first-order valence-corrected chi connectivity index (χ1v) is 7.15. The van der Waals surface area contributed by atoms with Crippen molar-refractivity contribution in [3.05, 3.63) is 45.1 Å². The van der Waals surface area contributed by atoms with E-state index < -0.39 is 0 Å². The van der Waals surface area contributed by atoms with E-state index in [0.29, 0.717) is 32.5 Å². The van der Waals surface area contributed by atoms with Crippen molar-refractivity contribution < 1.29 is 0 Å². The smallest absolute Gasteiger partial charge is 0.290 e. The molecular weight excluding hydrogens is 311 g/mol. The van der Waals surface area contributed by atoms with E-state index in [9.17, 15) is 4.79 Å². The van der Waals surface area contributed by atoms with Crippen LogP contribution in [-0.4, -0.2) is 19.5 Å². The number of rotatable bonds is 2. The van der Waals surface area contributed by atoms with Gasteiger partial charge in [-0.15, -0.1) is 0 Å².